The Morgan fingerprint density at radius 1 is 1.17 bits per heavy atom. The van der Waals surface area contributed by atoms with Crippen LogP contribution in [-0.2, 0) is 6.54 Å². The second-order valence-electron chi connectivity index (χ2n) is 5.95. The first kappa shape index (κ1) is 16.6. The zero-order valence-corrected chi connectivity index (χ0v) is 14.6. The van der Waals surface area contributed by atoms with E-state index in [1.54, 1.807) is 6.20 Å². The number of nitrogens with zero attached hydrogens (tertiary/aromatic N) is 4. The van der Waals surface area contributed by atoms with Crippen LogP contribution in [0.15, 0.2) is 47.6 Å². The van der Waals surface area contributed by atoms with Gasteiger partial charge < -0.3 is 15.5 Å². The Balaban J connectivity index is 1.55. The van der Waals surface area contributed by atoms with Crippen molar-refractivity contribution < 1.29 is 0 Å². The minimum absolute atomic E-state index is 0.519. The highest BCUT2D eigenvalue weighted by molar-refractivity contribution is 6.30. The minimum Gasteiger partial charge on any atom is -0.370 e. The molecule has 1 fully saturated rings. The van der Waals surface area contributed by atoms with Crippen LogP contribution in [0.3, 0.4) is 0 Å². The number of pyridine rings is 1. The number of anilines is 1. The Morgan fingerprint density at radius 2 is 1.88 bits per heavy atom. The lowest BCUT2D eigenvalue weighted by atomic mass is 10.2. The van der Waals surface area contributed by atoms with Gasteiger partial charge in [-0.2, -0.15) is 0 Å². The summed E-state index contributed by atoms with van der Waals surface area (Å²) in [6.45, 7) is 6.12. The van der Waals surface area contributed by atoms with E-state index >= 15 is 0 Å². The average molecular weight is 344 g/mol. The number of aryl methyl sites for hydroxylation is 1. The van der Waals surface area contributed by atoms with Crippen LogP contribution in [-0.4, -0.2) is 42.0 Å². The van der Waals surface area contributed by atoms with E-state index < -0.39 is 0 Å². The van der Waals surface area contributed by atoms with Crippen LogP contribution in [0.1, 0.15) is 11.3 Å². The van der Waals surface area contributed by atoms with E-state index in [1.807, 2.05) is 31.2 Å². The van der Waals surface area contributed by atoms with Gasteiger partial charge in [0.1, 0.15) is 0 Å². The van der Waals surface area contributed by atoms with Gasteiger partial charge in [0, 0.05) is 43.1 Å². The van der Waals surface area contributed by atoms with E-state index in [0.29, 0.717) is 12.5 Å². The maximum absolute atomic E-state index is 6.15. The van der Waals surface area contributed by atoms with E-state index in [9.17, 15) is 0 Å². The van der Waals surface area contributed by atoms with Gasteiger partial charge in [-0.25, -0.2) is 4.99 Å². The summed E-state index contributed by atoms with van der Waals surface area (Å²) < 4.78 is 0. The van der Waals surface area contributed by atoms with E-state index in [1.165, 1.54) is 11.3 Å². The van der Waals surface area contributed by atoms with Crippen LogP contribution in [0, 0.1) is 6.92 Å². The van der Waals surface area contributed by atoms with Gasteiger partial charge >= 0.3 is 0 Å². The van der Waals surface area contributed by atoms with Crippen molar-refractivity contribution in [1.29, 1.82) is 0 Å². The van der Waals surface area contributed by atoms with Crippen molar-refractivity contribution in [3.8, 4) is 0 Å². The zero-order valence-electron chi connectivity index (χ0n) is 13.8. The molecule has 0 unspecified atom stereocenters. The second kappa shape index (κ2) is 7.53. The van der Waals surface area contributed by atoms with Crippen molar-refractivity contribution in [1.82, 2.24) is 9.88 Å². The van der Waals surface area contributed by atoms with Gasteiger partial charge in [0.15, 0.2) is 5.96 Å². The highest BCUT2D eigenvalue weighted by Gasteiger charge is 2.18. The number of halogens is 1. The van der Waals surface area contributed by atoms with Gasteiger partial charge in [0.25, 0.3) is 0 Å². The molecule has 1 aromatic heterocycles. The summed E-state index contributed by atoms with van der Waals surface area (Å²) in [6.07, 6.45) is 1.81. The Hall–Kier alpha value is -2.27. The Morgan fingerprint density at radius 3 is 2.54 bits per heavy atom. The smallest absolute Gasteiger partial charge is 0.191 e. The number of rotatable bonds is 3. The molecule has 1 aromatic carbocycles. The summed E-state index contributed by atoms with van der Waals surface area (Å²) in [4.78, 5) is 13.3. The number of aliphatic imine (C=N–C) groups is 1. The topological polar surface area (TPSA) is 57.8 Å². The first-order valence-electron chi connectivity index (χ1n) is 8.09. The molecule has 0 radical (unpaired) electrons. The van der Waals surface area contributed by atoms with Crippen LogP contribution in [0.25, 0.3) is 0 Å². The highest BCUT2D eigenvalue weighted by Crippen LogP contribution is 2.19. The van der Waals surface area contributed by atoms with E-state index in [0.717, 1.165) is 36.9 Å². The summed E-state index contributed by atoms with van der Waals surface area (Å²) in [6, 6.07) is 12.0. The molecule has 6 heteroatoms. The van der Waals surface area contributed by atoms with Gasteiger partial charge in [-0.1, -0.05) is 11.6 Å². The standard InChI is InChI=1S/C18H22ClN5/c1-14-6-7-21-16(12-14)13-22-18(20)24-10-8-23(9-11-24)17-4-2-15(19)3-5-17/h2-7,12H,8-11,13H2,1H3,(H2,20,22). The van der Waals surface area contributed by atoms with Gasteiger partial charge in [-0.05, 0) is 48.9 Å². The first-order chi connectivity index (χ1) is 11.6. The highest BCUT2D eigenvalue weighted by atomic mass is 35.5. The molecule has 126 valence electrons. The van der Waals surface area contributed by atoms with Crippen molar-refractivity contribution in [3.63, 3.8) is 0 Å². The molecule has 0 spiro atoms. The van der Waals surface area contributed by atoms with Gasteiger partial charge in [0.2, 0.25) is 0 Å². The molecular weight excluding hydrogens is 322 g/mol. The zero-order chi connectivity index (χ0) is 16.9. The van der Waals surface area contributed by atoms with Crippen LogP contribution < -0.4 is 10.6 Å². The average Bonchev–Trinajstić information content (AvgIpc) is 2.61. The second-order valence-corrected chi connectivity index (χ2v) is 6.39. The summed E-state index contributed by atoms with van der Waals surface area (Å²) in [7, 11) is 0. The number of aromatic nitrogens is 1. The summed E-state index contributed by atoms with van der Waals surface area (Å²) in [5, 5.41) is 0.763. The van der Waals surface area contributed by atoms with Crippen molar-refractivity contribution >= 4 is 23.2 Å². The van der Waals surface area contributed by atoms with Crippen molar-refractivity contribution in [2.24, 2.45) is 10.7 Å². The molecule has 0 aliphatic carbocycles. The molecule has 24 heavy (non-hydrogen) atoms. The molecule has 5 nitrogen and oxygen atoms in total. The lowest BCUT2D eigenvalue weighted by Crippen LogP contribution is -2.51. The monoisotopic (exact) mass is 343 g/mol. The molecular formula is C18H22ClN5. The quantitative estimate of drug-likeness (QED) is 0.687. The SMILES string of the molecule is Cc1ccnc(CN=C(N)N2CCN(c3ccc(Cl)cc3)CC2)c1. The number of hydrogen-bond acceptors (Lipinski definition) is 3. The summed E-state index contributed by atoms with van der Waals surface area (Å²) in [5.41, 5.74) is 9.47. The maximum atomic E-state index is 6.15. The molecule has 2 heterocycles. The molecule has 0 atom stereocenters. The molecule has 1 saturated heterocycles. The van der Waals surface area contributed by atoms with E-state index in [-0.39, 0.29) is 0 Å². The van der Waals surface area contributed by atoms with Crippen LogP contribution in [0.4, 0.5) is 5.69 Å². The number of benzene rings is 1. The number of piperazine rings is 1. The molecule has 0 bridgehead atoms. The van der Waals surface area contributed by atoms with Crippen molar-refractivity contribution in [2.45, 2.75) is 13.5 Å². The Bertz CT molecular complexity index is 706. The Labute approximate surface area is 147 Å². The van der Waals surface area contributed by atoms with Crippen molar-refractivity contribution in [3.05, 3.63) is 58.9 Å². The van der Waals surface area contributed by atoms with Crippen LogP contribution >= 0.6 is 11.6 Å². The van der Waals surface area contributed by atoms with Crippen LogP contribution in [0.5, 0.6) is 0 Å². The molecule has 1 aliphatic rings. The fourth-order valence-electron chi connectivity index (χ4n) is 2.79. The summed E-state index contributed by atoms with van der Waals surface area (Å²) >= 11 is 5.95. The molecule has 3 rings (SSSR count). The first-order valence-corrected chi connectivity index (χ1v) is 8.46. The molecule has 1 aliphatic heterocycles. The molecule has 2 aromatic rings. The summed E-state index contributed by atoms with van der Waals surface area (Å²) in [5.74, 6) is 0.592. The molecule has 0 saturated carbocycles. The number of nitrogens with two attached hydrogens (primary N) is 1. The molecule has 0 amide bonds. The number of guanidine groups is 1. The fraction of sp³-hybridized carbons (Fsp3) is 0.333. The third-order valence-electron chi connectivity index (χ3n) is 4.17. The lowest BCUT2D eigenvalue weighted by molar-refractivity contribution is 0.380. The lowest BCUT2D eigenvalue weighted by Gasteiger charge is -2.36. The maximum Gasteiger partial charge on any atom is 0.191 e. The van der Waals surface area contributed by atoms with Crippen LogP contribution in [0.2, 0.25) is 5.02 Å². The van der Waals surface area contributed by atoms with E-state index in [2.05, 4.69) is 31.9 Å². The fourth-order valence-corrected chi connectivity index (χ4v) is 2.92. The van der Waals surface area contributed by atoms with Gasteiger partial charge in [0.05, 0.1) is 12.2 Å². The van der Waals surface area contributed by atoms with Gasteiger partial charge in [-0.15, -0.1) is 0 Å². The normalized spacial score (nSPS) is 15.7. The third kappa shape index (κ3) is 4.17. The van der Waals surface area contributed by atoms with E-state index in [4.69, 9.17) is 17.3 Å². The molecule has 2 N–H and O–H groups in total. The van der Waals surface area contributed by atoms with Gasteiger partial charge in [-0.3, -0.25) is 4.98 Å². The predicted octanol–water partition coefficient (Wildman–Crippen LogP) is 2.68. The van der Waals surface area contributed by atoms with Crippen molar-refractivity contribution in [2.75, 3.05) is 31.1 Å². The third-order valence-corrected chi connectivity index (χ3v) is 4.42. The number of hydrogen-bond donors (Lipinski definition) is 1. The largest absolute Gasteiger partial charge is 0.370 e. The Kier molecular flexibility index (Phi) is 5.20. The minimum atomic E-state index is 0.519. The predicted molar refractivity (Wildman–Crippen MR) is 99.5 cm³/mol.